The van der Waals surface area contributed by atoms with E-state index in [0.29, 0.717) is 31.1 Å². The normalized spacial score (nSPS) is 18.4. The van der Waals surface area contributed by atoms with E-state index in [4.69, 9.17) is 10.1 Å². The lowest BCUT2D eigenvalue weighted by atomic mass is 10.1. The van der Waals surface area contributed by atoms with Gasteiger partial charge in [-0.05, 0) is 37.5 Å². The van der Waals surface area contributed by atoms with Crippen LogP contribution in [0.5, 0.6) is 0 Å². The number of ether oxygens (including phenoxy) is 1. The maximum absolute atomic E-state index is 10.4. The Morgan fingerprint density at radius 3 is 2.85 bits per heavy atom. The Labute approximate surface area is 152 Å². The van der Waals surface area contributed by atoms with Gasteiger partial charge in [0.1, 0.15) is 17.4 Å². The highest BCUT2D eigenvalue weighted by atomic mass is 16.5. The fourth-order valence-corrected chi connectivity index (χ4v) is 3.74. The van der Waals surface area contributed by atoms with Crippen LogP contribution in [0.25, 0.3) is 16.6 Å². The molecule has 0 aliphatic carbocycles. The SMILES string of the molecule is COCCN1CC(O)=C(c2nc3ccc(N4CCCCC4)cc3[nH]2)C1=N. The van der Waals surface area contributed by atoms with E-state index >= 15 is 0 Å². The van der Waals surface area contributed by atoms with Gasteiger partial charge in [-0.15, -0.1) is 0 Å². The molecule has 4 rings (SSSR count). The summed E-state index contributed by atoms with van der Waals surface area (Å²) >= 11 is 0. The number of fused-ring (bicyclic) bond motifs is 1. The number of piperidine rings is 1. The van der Waals surface area contributed by atoms with Crippen LogP contribution in [0.15, 0.2) is 24.0 Å². The van der Waals surface area contributed by atoms with Crippen LogP contribution < -0.4 is 4.90 Å². The summed E-state index contributed by atoms with van der Waals surface area (Å²) in [6.45, 7) is 3.60. The zero-order valence-electron chi connectivity index (χ0n) is 15.1. The van der Waals surface area contributed by atoms with Crippen LogP contribution in [0.4, 0.5) is 5.69 Å². The van der Waals surface area contributed by atoms with Gasteiger partial charge in [0.25, 0.3) is 0 Å². The zero-order valence-corrected chi connectivity index (χ0v) is 15.1. The van der Waals surface area contributed by atoms with Crippen molar-refractivity contribution in [2.45, 2.75) is 19.3 Å². The molecule has 0 radical (unpaired) electrons. The van der Waals surface area contributed by atoms with Crippen molar-refractivity contribution in [3.63, 3.8) is 0 Å². The van der Waals surface area contributed by atoms with Gasteiger partial charge < -0.3 is 24.6 Å². The molecule has 0 atom stereocenters. The molecule has 2 aliphatic rings. The number of aliphatic hydroxyl groups is 1. The first kappa shape index (κ1) is 16.9. The number of benzene rings is 1. The lowest BCUT2D eigenvalue weighted by Crippen LogP contribution is -2.30. The Balaban J connectivity index is 1.61. The Morgan fingerprint density at radius 2 is 2.08 bits per heavy atom. The molecular formula is C19H25N5O2. The summed E-state index contributed by atoms with van der Waals surface area (Å²) in [4.78, 5) is 12.1. The minimum atomic E-state index is 0.182. The van der Waals surface area contributed by atoms with Gasteiger partial charge in [-0.1, -0.05) is 0 Å². The molecule has 0 amide bonds. The predicted molar refractivity (Wildman–Crippen MR) is 103 cm³/mol. The number of H-pyrrole nitrogens is 1. The molecule has 2 aliphatic heterocycles. The number of aromatic amines is 1. The molecule has 0 bridgehead atoms. The quantitative estimate of drug-likeness (QED) is 0.767. The van der Waals surface area contributed by atoms with E-state index in [-0.39, 0.29) is 11.6 Å². The molecule has 26 heavy (non-hydrogen) atoms. The maximum Gasteiger partial charge on any atom is 0.145 e. The van der Waals surface area contributed by atoms with Crippen LogP contribution in [-0.2, 0) is 4.74 Å². The van der Waals surface area contributed by atoms with Crippen LogP contribution in [0.2, 0.25) is 0 Å². The van der Waals surface area contributed by atoms with E-state index in [1.807, 2.05) is 6.07 Å². The van der Waals surface area contributed by atoms with Gasteiger partial charge in [0, 0.05) is 32.4 Å². The van der Waals surface area contributed by atoms with E-state index in [0.717, 1.165) is 24.1 Å². The van der Waals surface area contributed by atoms with Crippen molar-refractivity contribution in [1.82, 2.24) is 14.9 Å². The highest BCUT2D eigenvalue weighted by molar-refractivity contribution is 6.23. The number of amidine groups is 1. The number of imidazole rings is 1. The molecule has 7 nitrogen and oxygen atoms in total. The number of methoxy groups -OCH3 is 1. The summed E-state index contributed by atoms with van der Waals surface area (Å²) < 4.78 is 5.08. The molecule has 3 heterocycles. The average Bonchev–Trinajstić information content (AvgIpc) is 3.19. The topological polar surface area (TPSA) is 88.5 Å². The molecule has 1 aromatic heterocycles. The van der Waals surface area contributed by atoms with Crippen LogP contribution in [-0.4, -0.2) is 65.7 Å². The zero-order chi connectivity index (χ0) is 18.1. The second kappa shape index (κ2) is 6.99. The standard InChI is InChI=1S/C19H25N5O2/c1-26-10-9-24-12-16(25)17(18(24)20)19-21-14-6-5-13(11-15(14)22-19)23-7-3-2-4-8-23/h5-6,11,20,25H,2-4,7-10,12H2,1H3,(H,21,22). The van der Waals surface area contributed by atoms with Crippen molar-refractivity contribution in [3.8, 4) is 0 Å². The number of hydrogen-bond donors (Lipinski definition) is 3. The first-order valence-electron chi connectivity index (χ1n) is 9.17. The number of nitrogens with zero attached hydrogens (tertiary/aromatic N) is 3. The number of rotatable bonds is 5. The predicted octanol–water partition coefficient (Wildman–Crippen LogP) is 2.76. The molecular weight excluding hydrogens is 330 g/mol. The second-order valence-corrected chi connectivity index (χ2v) is 6.92. The molecule has 0 saturated carbocycles. The summed E-state index contributed by atoms with van der Waals surface area (Å²) in [6.07, 6.45) is 3.78. The minimum Gasteiger partial charge on any atom is -0.510 e. The van der Waals surface area contributed by atoms with E-state index in [2.05, 4.69) is 27.0 Å². The van der Waals surface area contributed by atoms with Gasteiger partial charge in [-0.25, -0.2) is 4.98 Å². The van der Waals surface area contributed by atoms with Crippen LogP contribution in [0.1, 0.15) is 25.1 Å². The van der Waals surface area contributed by atoms with Crippen LogP contribution in [0.3, 0.4) is 0 Å². The summed E-state index contributed by atoms with van der Waals surface area (Å²) in [5, 5.41) is 18.7. The van der Waals surface area contributed by atoms with Crippen molar-refractivity contribution in [3.05, 3.63) is 29.8 Å². The van der Waals surface area contributed by atoms with Gasteiger partial charge in [0.2, 0.25) is 0 Å². The number of nitrogens with one attached hydrogen (secondary N) is 2. The van der Waals surface area contributed by atoms with E-state index in [1.54, 1.807) is 12.0 Å². The van der Waals surface area contributed by atoms with Crippen molar-refractivity contribution in [2.24, 2.45) is 0 Å². The van der Waals surface area contributed by atoms with E-state index in [9.17, 15) is 5.11 Å². The van der Waals surface area contributed by atoms with Gasteiger partial charge in [-0.3, -0.25) is 5.41 Å². The summed E-state index contributed by atoms with van der Waals surface area (Å²) in [5.74, 6) is 1.02. The lowest BCUT2D eigenvalue weighted by molar-refractivity contribution is 0.177. The highest BCUT2D eigenvalue weighted by Crippen LogP contribution is 2.29. The molecule has 1 aromatic carbocycles. The van der Waals surface area contributed by atoms with Crippen molar-refractivity contribution >= 4 is 28.1 Å². The van der Waals surface area contributed by atoms with Crippen molar-refractivity contribution in [1.29, 1.82) is 5.41 Å². The molecule has 1 fully saturated rings. The minimum absolute atomic E-state index is 0.182. The van der Waals surface area contributed by atoms with Gasteiger partial charge in [0.15, 0.2) is 0 Å². The Morgan fingerprint density at radius 1 is 1.27 bits per heavy atom. The fraction of sp³-hybridized carbons (Fsp3) is 0.474. The van der Waals surface area contributed by atoms with Gasteiger partial charge in [-0.2, -0.15) is 0 Å². The van der Waals surface area contributed by atoms with Crippen molar-refractivity contribution in [2.75, 3.05) is 44.8 Å². The molecule has 1 saturated heterocycles. The van der Waals surface area contributed by atoms with E-state index < -0.39 is 0 Å². The number of hydrogen-bond acceptors (Lipinski definition) is 5. The number of aliphatic hydroxyl groups excluding tert-OH is 1. The molecule has 138 valence electrons. The monoisotopic (exact) mass is 355 g/mol. The van der Waals surface area contributed by atoms with E-state index in [1.165, 1.54) is 24.9 Å². The highest BCUT2D eigenvalue weighted by Gasteiger charge is 2.30. The Hall–Kier alpha value is -2.54. The Bertz CT molecular complexity index is 851. The largest absolute Gasteiger partial charge is 0.510 e. The first-order chi connectivity index (χ1) is 12.7. The smallest absolute Gasteiger partial charge is 0.145 e. The fourth-order valence-electron chi connectivity index (χ4n) is 3.74. The van der Waals surface area contributed by atoms with Gasteiger partial charge in [0.05, 0.1) is 29.8 Å². The van der Waals surface area contributed by atoms with Crippen LogP contribution >= 0.6 is 0 Å². The third-order valence-corrected chi connectivity index (χ3v) is 5.17. The average molecular weight is 355 g/mol. The number of anilines is 1. The van der Waals surface area contributed by atoms with Gasteiger partial charge >= 0.3 is 0 Å². The second-order valence-electron chi connectivity index (χ2n) is 6.92. The molecule has 7 heteroatoms. The summed E-state index contributed by atoms with van der Waals surface area (Å²) in [7, 11) is 1.63. The lowest BCUT2D eigenvalue weighted by Gasteiger charge is -2.28. The first-order valence-corrected chi connectivity index (χ1v) is 9.17. The third kappa shape index (κ3) is 3.03. The maximum atomic E-state index is 10.4. The Kier molecular flexibility index (Phi) is 4.55. The summed E-state index contributed by atoms with van der Waals surface area (Å²) in [5.41, 5.74) is 3.47. The summed E-state index contributed by atoms with van der Waals surface area (Å²) in [6, 6.07) is 6.24. The molecule has 2 aromatic rings. The molecule has 3 N–H and O–H groups in total. The third-order valence-electron chi connectivity index (χ3n) is 5.17. The molecule has 0 spiro atoms. The van der Waals surface area contributed by atoms with Crippen LogP contribution in [0, 0.1) is 5.41 Å². The van der Waals surface area contributed by atoms with Crippen molar-refractivity contribution < 1.29 is 9.84 Å². The molecule has 0 unspecified atom stereocenters. The number of aromatic nitrogens is 2.